The van der Waals surface area contributed by atoms with Crippen LogP contribution in [0, 0.1) is 0 Å². The van der Waals surface area contributed by atoms with E-state index < -0.39 is 12.6 Å². The summed E-state index contributed by atoms with van der Waals surface area (Å²) in [7, 11) is 0. The third-order valence-corrected chi connectivity index (χ3v) is 5.62. The van der Waals surface area contributed by atoms with Crippen LogP contribution >= 0.6 is 23.5 Å². The Morgan fingerprint density at radius 3 is 2.95 bits per heavy atom. The Bertz CT molecular complexity index is 504. The van der Waals surface area contributed by atoms with E-state index in [4.69, 9.17) is 9.84 Å². The van der Waals surface area contributed by atoms with Crippen LogP contribution in [0.3, 0.4) is 0 Å². The lowest BCUT2D eigenvalue weighted by atomic mass is 10.2. The maximum Gasteiger partial charge on any atom is 0.341 e. The van der Waals surface area contributed by atoms with E-state index in [0.717, 1.165) is 17.3 Å². The van der Waals surface area contributed by atoms with E-state index in [9.17, 15) is 9.59 Å². The van der Waals surface area contributed by atoms with E-state index in [0.29, 0.717) is 23.1 Å². The van der Waals surface area contributed by atoms with Crippen molar-refractivity contribution in [1.82, 2.24) is 0 Å². The fourth-order valence-electron chi connectivity index (χ4n) is 1.88. The van der Waals surface area contributed by atoms with Crippen molar-refractivity contribution >= 4 is 41.1 Å². The second-order valence-corrected chi connectivity index (χ2v) is 7.09. The lowest BCUT2D eigenvalue weighted by molar-refractivity contribution is -0.139. The van der Waals surface area contributed by atoms with Gasteiger partial charge in [0, 0.05) is 40.7 Å². The average Bonchev–Trinajstić information content (AvgIpc) is 2.46. The van der Waals surface area contributed by atoms with E-state index in [2.05, 4.69) is 5.32 Å². The van der Waals surface area contributed by atoms with Crippen LogP contribution in [0.5, 0.6) is 5.75 Å². The summed E-state index contributed by atoms with van der Waals surface area (Å²) in [6, 6.07) is 6.77. The maximum atomic E-state index is 12.0. The number of ether oxygens (including phenoxy) is 1. The maximum absolute atomic E-state index is 12.0. The van der Waals surface area contributed by atoms with Crippen LogP contribution in [0.2, 0.25) is 0 Å². The Balaban J connectivity index is 1.85. The SMILES string of the molecule is O=C(O)COc1cccc(NC(=O)CC2CSCCS2)c1. The highest BCUT2D eigenvalue weighted by atomic mass is 32.2. The van der Waals surface area contributed by atoms with Crippen molar-refractivity contribution in [3.8, 4) is 5.75 Å². The van der Waals surface area contributed by atoms with Gasteiger partial charge in [-0.15, -0.1) is 0 Å². The van der Waals surface area contributed by atoms with Crippen molar-refractivity contribution in [2.45, 2.75) is 11.7 Å². The molecule has 0 spiro atoms. The molecule has 21 heavy (non-hydrogen) atoms. The predicted octanol–water partition coefficient (Wildman–Crippen LogP) is 2.33. The smallest absolute Gasteiger partial charge is 0.341 e. The van der Waals surface area contributed by atoms with Crippen LogP contribution in [-0.2, 0) is 9.59 Å². The number of nitrogens with one attached hydrogen (secondary N) is 1. The van der Waals surface area contributed by atoms with Crippen molar-refractivity contribution in [1.29, 1.82) is 0 Å². The number of rotatable bonds is 6. The molecule has 1 aromatic rings. The van der Waals surface area contributed by atoms with E-state index in [1.165, 1.54) is 0 Å². The van der Waals surface area contributed by atoms with Crippen molar-refractivity contribution < 1.29 is 19.4 Å². The molecule has 0 saturated carbocycles. The molecule has 1 aliphatic rings. The average molecular weight is 327 g/mol. The summed E-state index contributed by atoms with van der Waals surface area (Å²) in [5.74, 6) is 2.65. The van der Waals surface area contributed by atoms with Gasteiger partial charge >= 0.3 is 5.97 Å². The van der Waals surface area contributed by atoms with Crippen LogP contribution in [0.4, 0.5) is 5.69 Å². The van der Waals surface area contributed by atoms with Gasteiger partial charge < -0.3 is 15.2 Å². The number of hydrogen-bond donors (Lipinski definition) is 2. The Labute approximate surface area is 131 Å². The predicted molar refractivity (Wildman–Crippen MR) is 86.4 cm³/mol. The molecule has 1 aliphatic heterocycles. The second-order valence-electron chi connectivity index (χ2n) is 4.53. The first-order chi connectivity index (χ1) is 10.1. The lowest BCUT2D eigenvalue weighted by Gasteiger charge is -2.20. The van der Waals surface area contributed by atoms with Gasteiger partial charge in [-0.25, -0.2) is 4.79 Å². The minimum atomic E-state index is -1.03. The highest BCUT2D eigenvalue weighted by Crippen LogP contribution is 2.26. The van der Waals surface area contributed by atoms with Gasteiger partial charge in [-0.05, 0) is 12.1 Å². The molecule has 114 valence electrons. The molecule has 1 atom stereocenters. The first kappa shape index (κ1) is 16.0. The van der Waals surface area contributed by atoms with Crippen LogP contribution in [0.25, 0.3) is 0 Å². The zero-order valence-corrected chi connectivity index (χ0v) is 13.0. The van der Waals surface area contributed by atoms with Crippen molar-refractivity contribution in [3.63, 3.8) is 0 Å². The molecule has 2 N–H and O–H groups in total. The number of carboxylic acid groups (broad SMARTS) is 1. The molecule has 1 saturated heterocycles. The highest BCUT2D eigenvalue weighted by molar-refractivity contribution is 8.06. The number of carboxylic acids is 1. The van der Waals surface area contributed by atoms with Gasteiger partial charge in [-0.2, -0.15) is 23.5 Å². The second kappa shape index (κ2) is 8.19. The Hall–Kier alpha value is -1.34. The molecule has 1 aromatic carbocycles. The Morgan fingerprint density at radius 1 is 1.38 bits per heavy atom. The first-order valence-corrected chi connectivity index (χ1v) is 8.77. The van der Waals surface area contributed by atoms with Gasteiger partial charge in [0.1, 0.15) is 5.75 Å². The topological polar surface area (TPSA) is 75.6 Å². The molecule has 0 aromatic heterocycles. The number of thioether (sulfide) groups is 2. The molecule has 1 amide bonds. The quantitative estimate of drug-likeness (QED) is 0.835. The van der Waals surface area contributed by atoms with Crippen molar-refractivity contribution in [2.24, 2.45) is 0 Å². The highest BCUT2D eigenvalue weighted by Gasteiger charge is 2.18. The fraction of sp³-hybridized carbons (Fsp3) is 0.429. The summed E-state index contributed by atoms with van der Waals surface area (Å²) >= 11 is 3.73. The number of amides is 1. The van der Waals surface area contributed by atoms with Crippen LogP contribution in [-0.4, -0.2) is 46.1 Å². The Morgan fingerprint density at radius 2 is 2.24 bits per heavy atom. The van der Waals surface area contributed by atoms with Crippen LogP contribution in [0.15, 0.2) is 24.3 Å². The van der Waals surface area contributed by atoms with Gasteiger partial charge in [0.25, 0.3) is 0 Å². The summed E-state index contributed by atoms with van der Waals surface area (Å²) in [5.41, 5.74) is 0.622. The zero-order chi connectivity index (χ0) is 15.1. The number of hydrogen-bond acceptors (Lipinski definition) is 5. The molecule has 1 heterocycles. The summed E-state index contributed by atoms with van der Waals surface area (Å²) < 4.78 is 5.08. The van der Waals surface area contributed by atoms with E-state index in [1.54, 1.807) is 24.3 Å². The zero-order valence-electron chi connectivity index (χ0n) is 11.4. The minimum absolute atomic E-state index is 0.0228. The van der Waals surface area contributed by atoms with Crippen LogP contribution in [0.1, 0.15) is 6.42 Å². The summed E-state index contributed by atoms with van der Waals surface area (Å²) in [4.78, 5) is 22.4. The van der Waals surface area contributed by atoms with Gasteiger partial charge in [-0.1, -0.05) is 6.07 Å². The van der Waals surface area contributed by atoms with Crippen LogP contribution < -0.4 is 10.1 Å². The molecule has 1 unspecified atom stereocenters. The molecule has 5 nitrogen and oxygen atoms in total. The third kappa shape index (κ3) is 5.89. The Kier molecular flexibility index (Phi) is 6.25. The number of benzene rings is 1. The van der Waals surface area contributed by atoms with Crippen molar-refractivity contribution in [3.05, 3.63) is 24.3 Å². The molecule has 1 fully saturated rings. The molecular formula is C14H17NO4S2. The standard InChI is InChI=1S/C14H17NO4S2/c16-13(7-12-9-20-4-5-21-12)15-10-2-1-3-11(6-10)19-8-14(17)18/h1-3,6,12H,4-5,7-9H2,(H,15,16)(H,17,18). The van der Waals surface area contributed by atoms with Gasteiger partial charge in [0.05, 0.1) is 0 Å². The number of carbonyl (C=O) groups is 2. The monoisotopic (exact) mass is 327 g/mol. The minimum Gasteiger partial charge on any atom is -0.482 e. The molecule has 2 rings (SSSR count). The van der Waals surface area contributed by atoms with E-state index in [1.807, 2.05) is 23.5 Å². The fourth-order valence-corrected chi connectivity index (χ4v) is 4.56. The number of aliphatic carboxylic acids is 1. The molecule has 0 bridgehead atoms. The first-order valence-electron chi connectivity index (χ1n) is 6.57. The van der Waals surface area contributed by atoms with E-state index >= 15 is 0 Å². The van der Waals surface area contributed by atoms with E-state index in [-0.39, 0.29) is 5.91 Å². The molecular weight excluding hydrogens is 310 g/mol. The van der Waals surface area contributed by atoms with Gasteiger partial charge in [0.2, 0.25) is 5.91 Å². The van der Waals surface area contributed by atoms with Gasteiger partial charge in [-0.3, -0.25) is 4.79 Å². The summed E-state index contributed by atoms with van der Waals surface area (Å²) in [6.07, 6.45) is 0.498. The molecule has 7 heteroatoms. The molecule has 0 radical (unpaired) electrons. The molecule has 0 aliphatic carbocycles. The van der Waals surface area contributed by atoms with Gasteiger partial charge in [0.15, 0.2) is 6.61 Å². The largest absolute Gasteiger partial charge is 0.482 e. The normalized spacial score (nSPS) is 18.0. The third-order valence-electron chi connectivity index (χ3n) is 2.78. The summed E-state index contributed by atoms with van der Waals surface area (Å²) in [5, 5.41) is 11.8. The summed E-state index contributed by atoms with van der Waals surface area (Å²) in [6.45, 7) is -0.395. The van der Waals surface area contributed by atoms with Crippen molar-refractivity contribution in [2.75, 3.05) is 29.2 Å². The number of carbonyl (C=O) groups excluding carboxylic acids is 1. The lowest BCUT2D eigenvalue weighted by Crippen LogP contribution is -2.22. The number of anilines is 1.